The maximum atomic E-state index is 6.17. The normalized spacial score (nSPS) is 19.0. The summed E-state index contributed by atoms with van der Waals surface area (Å²) in [5, 5.41) is 0. The van der Waals surface area contributed by atoms with Gasteiger partial charge in [0.15, 0.2) is 0 Å². The van der Waals surface area contributed by atoms with Crippen LogP contribution in [0, 0.1) is 17.8 Å². The summed E-state index contributed by atoms with van der Waals surface area (Å²) < 4.78 is 12.3. The SMILES string of the molecule is CCCC(C)OC(C)C(C)CCC(OCC(C)CC)C(C)C. The molecule has 2 heteroatoms. The van der Waals surface area contributed by atoms with Crippen molar-refractivity contribution in [3.05, 3.63) is 0 Å². The average molecular weight is 315 g/mol. The van der Waals surface area contributed by atoms with Crippen molar-refractivity contribution in [2.45, 2.75) is 106 Å². The van der Waals surface area contributed by atoms with Crippen molar-refractivity contribution in [2.75, 3.05) is 6.61 Å². The van der Waals surface area contributed by atoms with Gasteiger partial charge in [0.05, 0.1) is 18.3 Å². The highest BCUT2D eigenvalue weighted by Gasteiger charge is 2.20. The van der Waals surface area contributed by atoms with E-state index in [-0.39, 0.29) is 0 Å². The summed E-state index contributed by atoms with van der Waals surface area (Å²) in [7, 11) is 0. The van der Waals surface area contributed by atoms with Crippen LogP contribution in [0.15, 0.2) is 0 Å². The molecule has 0 rings (SSSR count). The first-order chi connectivity index (χ1) is 10.3. The van der Waals surface area contributed by atoms with E-state index in [2.05, 4.69) is 55.4 Å². The number of hydrogen-bond acceptors (Lipinski definition) is 2. The minimum atomic E-state index is 0.337. The lowest BCUT2D eigenvalue weighted by Gasteiger charge is -2.28. The third kappa shape index (κ3) is 9.84. The molecule has 0 saturated carbocycles. The predicted molar refractivity (Wildman–Crippen MR) is 97.3 cm³/mol. The Balaban J connectivity index is 4.17. The van der Waals surface area contributed by atoms with Crippen LogP contribution in [-0.2, 0) is 9.47 Å². The van der Waals surface area contributed by atoms with Crippen molar-refractivity contribution in [3.8, 4) is 0 Å². The number of rotatable bonds is 13. The summed E-state index contributed by atoms with van der Waals surface area (Å²) in [6, 6.07) is 0. The first-order valence-electron chi connectivity index (χ1n) is 9.58. The van der Waals surface area contributed by atoms with Crippen LogP contribution in [0.5, 0.6) is 0 Å². The summed E-state index contributed by atoms with van der Waals surface area (Å²) in [4.78, 5) is 0. The standard InChI is InChI=1S/C20H42O2/c1-9-11-18(7)22-19(8)17(6)12-13-20(15(3)4)21-14-16(5)10-2/h15-20H,9-14H2,1-8H3. The van der Waals surface area contributed by atoms with Gasteiger partial charge in [-0.15, -0.1) is 0 Å². The van der Waals surface area contributed by atoms with Crippen LogP contribution < -0.4 is 0 Å². The monoisotopic (exact) mass is 314 g/mol. The molecule has 5 atom stereocenters. The van der Waals surface area contributed by atoms with Gasteiger partial charge >= 0.3 is 0 Å². The van der Waals surface area contributed by atoms with E-state index in [9.17, 15) is 0 Å². The maximum absolute atomic E-state index is 6.17. The lowest BCUT2D eigenvalue weighted by Crippen LogP contribution is -2.27. The second-order valence-electron chi connectivity index (χ2n) is 7.62. The smallest absolute Gasteiger partial charge is 0.0598 e. The lowest BCUT2D eigenvalue weighted by atomic mass is 9.93. The number of hydrogen-bond donors (Lipinski definition) is 0. The summed E-state index contributed by atoms with van der Waals surface area (Å²) in [6.45, 7) is 18.9. The van der Waals surface area contributed by atoms with Crippen LogP contribution in [0.4, 0.5) is 0 Å². The molecule has 0 aliphatic rings. The van der Waals surface area contributed by atoms with E-state index in [1.807, 2.05) is 0 Å². The largest absolute Gasteiger partial charge is 0.378 e. The fourth-order valence-corrected chi connectivity index (χ4v) is 2.65. The van der Waals surface area contributed by atoms with Gasteiger partial charge in [-0.1, -0.05) is 54.4 Å². The Hall–Kier alpha value is -0.0800. The van der Waals surface area contributed by atoms with E-state index in [4.69, 9.17) is 9.47 Å². The van der Waals surface area contributed by atoms with Crippen LogP contribution >= 0.6 is 0 Å². The summed E-state index contributed by atoms with van der Waals surface area (Å²) >= 11 is 0. The van der Waals surface area contributed by atoms with Crippen molar-refractivity contribution >= 4 is 0 Å². The van der Waals surface area contributed by atoms with Gasteiger partial charge in [-0.3, -0.25) is 0 Å². The van der Waals surface area contributed by atoms with Gasteiger partial charge in [0.25, 0.3) is 0 Å². The zero-order valence-corrected chi connectivity index (χ0v) is 16.5. The Morgan fingerprint density at radius 3 is 1.95 bits per heavy atom. The van der Waals surface area contributed by atoms with E-state index >= 15 is 0 Å². The summed E-state index contributed by atoms with van der Waals surface area (Å²) in [5.41, 5.74) is 0. The minimum Gasteiger partial charge on any atom is -0.378 e. The molecule has 0 fully saturated rings. The molecule has 0 bridgehead atoms. The van der Waals surface area contributed by atoms with E-state index in [1.165, 1.54) is 19.3 Å². The van der Waals surface area contributed by atoms with Crippen LogP contribution in [0.1, 0.15) is 87.5 Å². The molecule has 0 spiro atoms. The molecule has 0 N–H and O–H groups in total. The van der Waals surface area contributed by atoms with Crippen molar-refractivity contribution in [1.29, 1.82) is 0 Å². The highest BCUT2D eigenvalue weighted by Crippen LogP contribution is 2.22. The third-order valence-corrected chi connectivity index (χ3v) is 4.89. The van der Waals surface area contributed by atoms with Gasteiger partial charge in [0.2, 0.25) is 0 Å². The van der Waals surface area contributed by atoms with Crippen LogP contribution in [0.2, 0.25) is 0 Å². The van der Waals surface area contributed by atoms with Gasteiger partial charge in [-0.25, -0.2) is 0 Å². The van der Waals surface area contributed by atoms with Crippen molar-refractivity contribution in [2.24, 2.45) is 17.8 Å². The van der Waals surface area contributed by atoms with Crippen molar-refractivity contribution in [3.63, 3.8) is 0 Å². The third-order valence-electron chi connectivity index (χ3n) is 4.89. The Labute approximate surface area is 140 Å². The fourth-order valence-electron chi connectivity index (χ4n) is 2.65. The molecule has 0 radical (unpaired) electrons. The predicted octanol–water partition coefficient (Wildman–Crippen LogP) is 6.08. The number of ether oxygens (including phenoxy) is 2. The molecule has 0 aromatic carbocycles. The van der Waals surface area contributed by atoms with Crippen molar-refractivity contribution < 1.29 is 9.47 Å². The molecule has 0 saturated heterocycles. The Morgan fingerprint density at radius 2 is 1.45 bits per heavy atom. The Bertz CT molecular complexity index is 252. The zero-order valence-electron chi connectivity index (χ0n) is 16.5. The lowest BCUT2D eigenvalue weighted by molar-refractivity contribution is -0.0366. The van der Waals surface area contributed by atoms with Crippen molar-refractivity contribution in [1.82, 2.24) is 0 Å². The molecule has 0 aliphatic heterocycles. The fraction of sp³-hybridized carbons (Fsp3) is 1.00. The minimum absolute atomic E-state index is 0.337. The van der Waals surface area contributed by atoms with Gasteiger partial charge in [-0.05, 0) is 50.9 Å². The molecular formula is C20H42O2. The zero-order chi connectivity index (χ0) is 17.1. The highest BCUT2D eigenvalue weighted by molar-refractivity contribution is 4.69. The molecule has 0 aliphatic carbocycles. The molecule has 0 aromatic heterocycles. The van der Waals surface area contributed by atoms with Gasteiger partial charge in [0, 0.05) is 6.61 Å². The molecule has 0 amide bonds. The second-order valence-corrected chi connectivity index (χ2v) is 7.62. The first-order valence-corrected chi connectivity index (χ1v) is 9.58. The second kappa shape index (κ2) is 12.4. The van der Waals surface area contributed by atoms with E-state index < -0.39 is 0 Å². The summed E-state index contributed by atoms with van der Waals surface area (Å²) in [6.07, 6.45) is 6.98. The Kier molecular flexibility index (Phi) is 12.3. The molecule has 134 valence electrons. The summed E-state index contributed by atoms with van der Waals surface area (Å²) in [5.74, 6) is 1.84. The quantitative estimate of drug-likeness (QED) is 0.410. The highest BCUT2D eigenvalue weighted by atomic mass is 16.5. The molecule has 22 heavy (non-hydrogen) atoms. The van der Waals surface area contributed by atoms with E-state index in [0.717, 1.165) is 19.4 Å². The topological polar surface area (TPSA) is 18.5 Å². The first kappa shape index (κ1) is 21.9. The van der Waals surface area contributed by atoms with E-state index in [1.54, 1.807) is 0 Å². The van der Waals surface area contributed by atoms with Gasteiger partial charge in [-0.2, -0.15) is 0 Å². The van der Waals surface area contributed by atoms with Crippen LogP contribution in [0.3, 0.4) is 0 Å². The van der Waals surface area contributed by atoms with E-state index in [0.29, 0.717) is 36.1 Å². The maximum Gasteiger partial charge on any atom is 0.0598 e. The molecule has 2 nitrogen and oxygen atoms in total. The molecule has 0 heterocycles. The van der Waals surface area contributed by atoms with Crippen LogP contribution in [0.25, 0.3) is 0 Å². The van der Waals surface area contributed by atoms with Gasteiger partial charge in [0.1, 0.15) is 0 Å². The molecular weight excluding hydrogens is 272 g/mol. The van der Waals surface area contributed by atoms with Crippen LogP contribution in [-0.4, -0.2) is 24.9 Å². The molecule has 0 aromatic rings. The average Bonchev–Trinajstić information content (AvgIpc) is 2.46. The van der Waals surface area contributed by atoms with Gasteiger partial charge < -0.3 is 9.47 Å². The Morgan fingerprint density at radius 1 is 0.818 bits per heavy atom. The molecule has 5 unspecified atom stereocenters.